The number of halogens is 2. The number of nitrogens with one attached hydrogen (secondary N) is 1. The monoisotopic (exact) mass is 206 g/mol. The van der Waals surface area contributed by atoms with Gasteiger partial charge in [-0.15, -0.1) is 0 Å². The molecule has 0 aliphatic carbocycles. The Kier molecular flexibility index (Phi) is 2.73. The van der Waals surface area contributed by atoms with Crippen LogP contribution in [0.15, 0.2) is 12.3 Å². The van der Waals surface area contributed by atoms with Crippen molar-refractivity contribution >= 4 is 35.0 Å². The molecule has 0 saturated carbocycles. The number of rotatable bonds is 1. The van der Waals surface area contributed by atoms with Crippen LogP contribution in [0.4, 0.5) is 10.5 Å². The maximum atomic E-state index is 10.2. The van der Waals surface area contributed by atoms with Gasteiger partial charge in [0.2, 0.25) is 0 Å². The van der Waals surface area contributed by atoms with Gasteiger partial charge in [-0.1, -0.05) is 23.2 Å². The molecule has 6 heteroatoms. The molecule has 0 bridgehead atoms. The van der Waals surface area contributed by atoms with Gasteiger partial charge in [-0.25, -0.2) is 9.78 Å². The number of pyridine rings is 1. The highest BCUT2D eigenvalue weighted by Crippen LogP contribution is 2.22. The van der Waals surface area contributed by atoms with Crippen LogP contribution in [0.2, 0.25) is 10.2 Å². The Morgan fingerprint density at radius 2 is 2.25 bits per heavy atom. The van der Waals surface area contributed by atoms with Crippen molar-refractivity contribution in [2.45, 2.75) is 0 Å². The van der Waals surface area contributed by atoms with Crippen molar-refractivity contribution < 1.29 is 9.90 Å². The van der Waals surface area contributed by atoms with Gasteiger partial charge in [0.05, 0.1) is 16.9 Å². The SMILES string of the molecule is O=C(O)Nc1cnc(Cl)cc1Cl. The van der Waals surface area contributed by atoms with Crippen LogP contribution in [0, 0.1) is 0 Å². The summed E-state index contributed by atoms with van der Waals surface area (Å²) in [7, 11) is 0. The summed E-state index contributed by atoms with van der Waals surface area (Å²) < 4.78 is 0. The largest absolute Gasteiger partial charge is 0.465 e. The number of amides is 1. The van der Waals surface area contributed by atoms with E-state index in [9.17, 15) is 4.79 Å². The molecule has 0 fully saturated rings. The lowest BCUT2D eigenvalue weighted by atomic mass is 10.4. The highest BCUT2D eigenvalue weighted by Gasteiger charge is 2.04. The molecule has 1 amide bonds. The first kappa shape index (κ1) is 9.09. The van der Waals surface area contributed by atoms with Gasteiger partial charge in [-0.3, -0.25) is 5.32 Å². The fraction of sp³-hybridized carbons (Fsp3) is 0. The van der Waals surface area contributed by atoms with Gasteiger partial charge in [0.1, 0.15) is 5.15 Å². The molecule has 64 valence electrons. The zero-order valence-corrected chi connectivity index (χ0v) is 7.23. The number of hydrogen-bond donors (Lipinski definition) is 2. The molecule has 0 saturated heterocycles. The van der Waals surface area contributed by atoms with E-state index in [4.69, 9.17) is 28.3 Å². The quantitative estimate of drug-likeness (QED) is 0.695. The molecule has 0 atom stereocenters. The van der Waals surface area contributed by atoms with E-state index in [0.29, 0.717) is 0 Å². The van der Waals surface area contributed by atoms with Gasteiger partial charge in [-0.2, -0.15) is 0 Å². The van der Waals surface area contributed by atoms with Gasteiger partial charge in [-0.05, 0) is 6.07 Å². The Balaban J connectivity index is 2.93. The van der Waals surface area contributed by atoms with Crippen LogP contribution in [0.1, 0.15) is 0 Å². The molecule has 1 rings (SSSR count). The van der Waals surface area contributed by atoms with Gasteiger partial charge < -0.3 is 5.11 Å². The summed E-state index contributed by atoms with van der Waals surface area (Å²) in [6.45, 7) is 0. The first-order chi connectivity index (χ1) is 5.59. The van der Waals surface area contributed by atoms with E-state index in [1.807, 2.05) is 0 Å². The number of aromatic nitrogens is 1. The Bertz CT molecular complexity index is 316. The number of nitrogens with zero attached hydrogens (tertiary/aromatic N) is 1. The Morgan fingerprint density at radius 1 is 1.58 bits per heavy atom. The van der Waals surface area contributed by atoms with Gasteiger partial charge in [0.25, 0.3) is 0 Å². The highest BCUT2D eigenvalue weighted by molar-refractivity contribution is 6.36. The van der Waals surface area contributed by atoms with E-state index in [0.717, 1.165) is 0 Å². The lowest BCUT2D eigenvalue weighted by Crippen LogP contribution is -2.07. The second-order valence-corrected chi connectivity index (χ2v) is 2.71. The molecular weight excluding hydrogens is 203 g/mol. The minimum absolute atomic E-state index is 0.216. The molecule has 0 aliphatic rings. The third kappa shape index (κ3) is 2.25. The number of carboxylic acid groups (broad SMARTS) is 1. The normalized spacial score (nSPS) is 9.50. The Morgan fingerprint density at radius 3 is 2.75 bits per heavy atom. The van der Waals surface area contributed by atoms with E-state index in [1.54, 1.807) is 0 Å². The predicted octanol–water partition coefficient (Wildman–Crippen LogP) is 2.48. The first-order valence-corrected chi connectivity index (χ1v) is 3.66. The first-order valence-electron chi connectivity index (χ1n) is 2.90. The van der Waals surface area contributed by atoms with Crippen LogP contribution in [0.3, 0.4) is 0 Å². The molecule has 1 aromatic heterocycles. The molecule has 2 N–H and O–H groups in total. The molecular formula is C6H4Cl2N2O2. The topological polar surface area (TPSA) is 62.2 Å². The number of hydrogen-bond acceptors (Lipinski definition) is 2. The summed E-state index contributed by atoms with van der Waals surface area (Å²) in [4.78, 5) is 13.8. The predicted molar refractivity (Wildman–Crippen MR) is 45.9 cm³/mol. The third-order valence-corrected chi connectivity index (χ3v) is 1.58. The molecule has 4 nitrogen and oxygen atoms in total. The second kappa shape index (κ2) is 3.60. The summed E-state index contributed by atoms with van der Waals surface area (Å²) in [5.74, 6) is 0. The van der Waals surface area contributed by atoms with E-state index < -0.39 is 6.09 Å². The summed E-state index contributed by atoms with van der Waals surface area (Å²) in [6, 6.07) is 1.36. The molecule has 0 unspecified atom stereocenters. The average Bonchev–Trinajstić information content (AvgIpc) is 1.94. The second-order valence-electron chi connectivity index (χ2n) is 1.92. The average molecular weight is 207 g/mol. The van der Waals surface area contributed by atoms with Crippen LogP contribution in [0.25, 0.3) is 0 Å². The molecule has 0 aromatic carbocycles. The molecule has 0 radical (unpaired) electrons. The minimum Gasteiger partial charge on any atom is -0.465 e. The number of anilines is 1. The Labute approximate surface area is 78.1 Å². The maximum Gasteiger partial charge on any atom is 0.409 e. The van der Waals surface area contributed by atoms with Crippen LogP contribution < -0.4 is 5.32 Å². The van der Waals surface area contributed by atoms with Crippen LogP contribution in [0.5, 0.6) is 0 Å². The van der Waals surface area contributed by atoms with E-state index >= 15 is 0 Å². The van der Waals surface area contributed by atoms with Gasteiger partial charge in [0.15, 0.2) is 0 Å². The molecule has 0 spiro atoms. The molecule has 12 heavy (non-hydrogen) atoms. The van der Waals surface area contributed by atoms with Crippen molar-refractivity contribution in [1.29, 1.82) is 0 Å². The van der Waals surface area contributed by atoms with Crippen molar-refractivity contribution in [3.8, 4) is 0 Å². The summed E-state index contributed by atoms with van der Waals surface area (Å²) in [6.07, 6.45) is 0.0553. The van der Waals surface area contributed by atoms with E-state index in [2.05, 4.69) is 10.3 Å². The van der Waals surface area contributed by atoms with Crippen LogP contribution in [-0.4, -0.2) is 16.2 Å². The highest BCUT2D eigenvalue weighted by atomic mass is 35.5. The Hall–Kier alpha value is -1.000. The molecule has 1 aromatic rings. The maximum absolute atomic E-state index is 10.2. The fourth-order valence-corrected chi connectivity index (χ4v) is 1.03. The summed E-state index contributed by atoms with van der Waals surface area (Å²) in [5.41, 5.74) is 0.216. The minimum atomic E-state index is -1.19. The van der Waals surface area contributed by atoms with Crippen molar-refractivity contribution in [3.63, 3.8) is 0 Å². The fourth-order valence-electron chi connectivity index (χ4n) is 0.615. The molecule has 0 aliphatic heterocycles. The van der Waals surface area contributed by atoms with Crippen LogP contribution in [-0.2, 0) is 0 Å². The smallest absolute Gasteiger partial charge is 0.409 e. The lowest BCUT2D eigenvalue weighted by molar-refractivity contribution is 0.209. The zero-order chi connectivity index (χ0) is 9.14. The van der Waals surface area contributed by atoms with Crippen molar-refractivity contribution in [2.24, 2.45) is 0 Å². The van der Waals surface area contributed by atoms with E-state index in [1.165, 1.54) is 12.3 Å². The van der Waals surface area contributed by atoms with Crippen molar-refractivity contribution in [1.82, 2.24) is 4.98 Å². The zero-order valence-electron chi connectivity index (χ0n) is 5.71. The lowest BCUT2D eigenvalue weighted by Gasteiger charge is -2.01. The standard InChI is InChI=1S/C6H4Cl2N2O2/c7-3-1-5(8)9-2-4(3)10-6(11)12/h1-2,10H,(H,11,12). The van der Waals surface area contributed by atoms with Crippen molar-refractivity contribution in [2.75, 3.05) is 5.32 Å². The van der Waals surface area contributed by atoms with Gasteiger partial charge >= 0.3 is 6.09 Å². The third-order valence-electron chi connectivity index (χ3n) is 1.06. The summed E-state index contributed by atoms with van der Waals surface area (Å²) >= 11 is 11.1. The number of carbonyl (C=O) groups is 1. The van der Waals surface area contributed by atoms with Crippen molar-refractivity contribution in [3.05, 3.63) is 22.4 Å². The van der Waals surface area contributed by atoms with Crippen LogP contribution >= 0.6 is 23.2 Å². The molecule has 1 heterocycles. The summed E-state index contributed by atoms with van der Waals surface area (Å²) in [5, 5.41) is 10.8. The van der Waals surface area contributed by atoms with E-state index in [-0.39, 0.29) is 15.9 Å². The van der Waals surface area contributed by atoms with Gasteiger partial charge in [0, 0.05) is 0 Å².